The SMILES string of the molecule is CN1CC2(CCCCC2)CNc2cc(Br)ccc21. The maximum atomic E-state index is 3.69. The number of hydrogen-bond acceptors (Lipinski definition) is 2. The second-order valence-electron chi connectivity index (χ2n) is 5.93. The van der Waals surface area contributed by atoms with E-state index in [1.165, 1.54) is 50.0 Å². The maximum Gasteiger partial charge on any atom is 0.0600 e. The molecule has 1 aromatic carbocycles. The number of rotatable bonds is 0. The molecule has 3 rings (SSSR count). The lowest BCUT2D eigenvalue weighted by Gasteiger charge is -2.38. The van der Waals surface area contributed by atoms with Crippen molar-refractivity contribution in [2.45, 2.75) is 32.1 Å². The van der Waals surface area contributed by atoms with E-state index in [1.54, 1.807) is 0 Å². The number of hydrogen-bond donors (Lipinski definition) is 1. The fourth-order valence-electron chi connectivity index (χ4n) is 3.55. The summed E-state index contributed by atoms with van der Waals surface area (Å²) in [6.07, 6.45) is 6.97. The summed E-state index contributed by atoms with van der Waals surface area (Å²) in [5.74, 6) is 0. The van der Waals surface area contributed by atoms with Crippen LogP contribution in [0, 0.1) is 5.41 Å². The van der Waals surface area contributed by atoms with Gasteiger partial charge in [-0.15, -0.1) is 0 Å². The minimum absolute atomic E-state index is 0.485. The zero-order chi connectivity index (χ0) is 12.6. The van der Waals surface area contributed by atoms with Gasteiger partial charge in [0.25, 0.3) is 0 Å². The topological polar surface area (TPSA) is 15.3 Å². The molecule has 1 N–H and O–H groups in total. The predicted octanol–water partition coefficient (Wildman–Crippen LogP) is 4.26. The van der Waals surface area contributed by atoms with E-state index in [9.17, 15) is 0 Å². The summed E-state index contributed by atoms with van der Waals surface area (Å²) in [5, 5.41) is 3.69. The smallest absolute Gasteiger partial charge is 0.0600 e. The molecule has 0 bridgehead atoms. The van der Waals surface area contributed by atoms with Crippen LogP contribution in [0.1, 0.15) is 32.1 Å². The molecule has 0 aromatic heterocycles. The van der Waals surface area contributed by atoms with Crippen molar-refractivity contribution in [1.29, 1.82) is 0 Å². The van der Waals surface area contributed by atoms with E-state index >= 15 is 0 Å². The molecule has 98 valence electrons. The molecule has 1 fully saturated rings. The molecule has 0 atom stereocenters. The van der Waals surface area contributed by atoms with E-state index in [0.717, 1.165) is 11.0 Å². The summed E-state index contributed by atoms with van der Waals surface area (Å²) in [6, 6.07) is 6.55. The molecule has 1 aromatic rings. The Bertz CT molecular complexity index is 438. The van der Waals surface area contributed by atoms with Gasteiger partial charge in [-0.05, 0) is 31.0 Å². The number of nitrogens with one attached hydrogen (secondary N) is 1. The van der Waals surface area contributed by atoms with Crippen molar-refractivity contribution in [3.63, 3.8) is 0 Å². The van der Waals surface area contributed by atoms with Crippen LogP contribution in [0.3, 0.4) is 0 Å². The van der Waals surface area contributed by atoms with Crippen LogP contribution < -0.4 is 10.2 Å². The van der Waals surface area contributed by atoms with Crippen LogP contribution in [0.2, 0.25) is 0 Å². The average molecular weight is 309 g/mol. The van der Waals surface area contributed by atoms with Crippen molar-refractivity contribution in [2.75, 3.05) is 30.4 Å². The summed E-state index contributed by atoms with van der Waals surface area (Å²) in [4.78, 5) is 2.44. The van der Waals surface area contributed by atoms with E-state index in [1.807, 2.05) is 0 Å². The highest BCUT2D eigenvalue weighted by Gasteiger charge is 2.35. The van der Waals surface area contributed by atoms with Crippen LogP contribution in [0.25, 0.3) is 0 Å². The van der Waals surface area contributed by atoms with Gasteiger partial charge >= 0.3 is 0 Å². The molecule has 0 unspecified atom stereocenters. The molecule has 0 amide bonds. The van der Waals surface area contributed by atoms with Gasteiger partial charge in [-0.3, -0.25) is 0 Å². The monoisotopic (exact) mass is 308 g/mol. The highest BCUT2D eigenvalue weighted by atomic mass is 79.9. The number of nitrogens with zero attached hydrogens (tertiary/aromatic N) is 1. The predicted molar refractivity (Wildman–Crippen MR) is 81.4 cm³/mol. The quantitative estimate of drug-likeness (QED) is 0.770. The lowest BCUT2D eigenvalue weighted by atomic mass is 9.74. The molecular weight excluding hydrogens is 288 g/mol. The van der Waals surface area contributed by atoms with Crippen molar-refractivity contribution in [3.05, 3.63) is 22.7 Å². The lowest BCUT2D eigenvalue weighted by Crippen LogP contribution is -2.40. The van der Waals surface area contributed by atoms with E-state index in [2.05, 4.69) is 51.4 Å². The number of benzene rings is 1. The van der Waals surface area contributed by atoms with Gasteiger partial charge in [0.1, 0.15) is 0 Å². The zero-order valence-electron chi connectivity index (χ0n) is 11.0. The Morgan fingerprint density at radius 1 is 1.22 bits per heavy atom. The third kappa shape index (κ3) is 2.25. The van der Waals surface area contributed by atoms with Crippen molar-refractivity contribution >= 4 is 27.3 Å². The van der Waals surface area contributed by atoms with Crippen molar-refractivity contribution in [3.8, 4) is 0 Å². The summed E-state index contributed by atoms with van der Waals surface area (Å²) in [5.41, 5.74) is 3.09. The Morgan fingerprint density at radius 3 is 2.78 bits per heavy atom. The Kier molecular flexibility index (Phi) is 3.27. The van der Waals surface area contributed by atoms with E-state index < -0.39 is 0 Å². The minimum Gasteiger partial charge on any atom is -0.383 e. The molecule has 3 heteroatoms. The molecule has 0 saturated heterocycles. The van der Waals surface area contributed by atoms with E-state index in [4.69, 9.17) is 0 Å². The van der Waals surface area contributed by atoms with Gasteiger partial charge in [0.2, 0.25) is 0 Å². The molecule has 1 spiro atoms. The van der Waals surface area contributed by atoms with E-state index in [-0.39, 0.29) is 0 Å². The van der Waals surface area contributed by atoms with Gasteiger partial charge in [0.05, 0.1) is 11.4 Å². The van der Waals surface area contributed by atoms with Crippen LogP contribution in [0.15, 0.2) is 22.7 Å². The standard InChI is InChI=1S/C15H21BrN2/c1-18-11-15(7-3-2-4-8-15)10-17-13-9-12(16)5-6-14(13)18/h5-6,9,17H,2-4,7-8,10-11H2,1H3. The van der Waals surface area contributed by atoms with Gasteiger partial charge in [-0.25, -0.2) is 0 Å². The normalized spacial score (nSPS) is 22.2. The third-order valence-corrected chi connectivity index (χ3v) is 5.00. The molecular formula is C15H21BrN2. The summed E-state index contributed by atoms with van der Waals surface area (Å²) in [6.45, 7) is 2.31. The van der Waals surface area contributed by atoms with E-state index in [0.29, 0.717) is 5.41 Å². The number of fused-ring (bicyclic) bond motifs is 1. The summed E-state index contributed by atoms with van der Waals surface area (Å²) in [7, 11) is 2.23. The van der Waals surface area contributed by atoms with Crippen LogP contribution in [-0.4, -0.2) is 20.1 Å². The first kappa shape index (κ1) is 12.3. The molecule has 2 nitrogen and oxygen atoms in total. The van der Waals surface area contributed by atoms with Crippen LogP contribution in [0.4, 0.5) is 11.4 Å². The number of anilines is 2. The van der Waals surface area contributed by atoms with Crippen LogP contribution in [0.5, 0.6) is 0 Å². The first-order valence-corrected chi connectivity index (χ1v) is 7.72. The average Bonchev–Trinajstić information content (AvgIpc) is 2.49. The second kappa shape index (κ2) is 4.76. The minimum atomic E-state index is 0.485. The Labute approximate surface area is 118 Å². The molecule has 1 aliphatic heterocycles. The highest BCUT2D eigenvalue weighted by molar-refractivity contribution is 9.10. The van der Waals surface area contributed by atoms with Crippen LogP contribution >= 0.6 is 15.9 Å². The van der Waals surface area contributed by atoms with Crippen molar-refractivity contribution < 1.29 is 0 Å². The van der Waals surface area contributed by atoms with Gasteiger partial charge in [0, 0.05) is 30.0 Å². The largest absolute Gasteiger partial charge is 0.383 e. The molecule has 1 heterocycles. The summed E-state index contributed by atoms with van der Waals surface area (Å²) < 4.78 is 1.15. The second-order valence-corrected chi connectivity index (χ2v) is 6.85. The lowest BCUT2D eigenvalue weighted by molar-refractivity contribution is 0.215. The Morgan fingerprint density at radius 2 is 2.00 bits per heavy atom. The van der Waals surface area contributed by atoms with Gasteiger partial charge in [0.15, 0.2) is 0 Å². The third-order valence-electron chi connectivity index (χ3n) is 4.51. The first-order valence-electron chi connectivity index (χ1n) is 6.93. The maximum absolute atomic E-state index is 3.69. The molecule has 1 aliphatic carbocycles. The molecule has 2 aliphatic rings. The van der Waals surface area contributed by atoms with Crippen molar-refractivity contribution in [1.82, 2.24) is 0 Å². The molecule has 0 radical (unpaired) electrons. The Balaban J connectivity index is 1.90. The fourth-order valence-corrected chi connectivity index (χ4v) is 3.91. The van der Waals surface area contributed by atoms with Crippen molar-refractivity contribution in [2.24, 2.45) is 5.41 Å². The first-order chi connectivity index (χ1) is 8.69. The Hall–Kier alpha value is -0.700. The van der Waals surface area contributed by atoms with Gasteiger partial charge in [-0.2, -0.15) is 0 Å². The number of halogens is 1. The zero-order valence-corrected chi connectivity index (χ0v) is 12.6. The van der Waals surface area contributed by atoms with Crippen LogP contribution in [-0.2, 0) is 0 Å². The highest BCUT2D eigenvalue weighted by Crippen LogP contribution is 2.42. The van der Waals surface area contributed by atoms with Gasteiger partial charge in [-0.1, -0.05) is 35.2 Å². The summed E-state index contributed by atoms with van der Waals surface area (Å²) >= 11 is 3.56. The molecule has 18 heavy (non-hydrogen) atoms. The molecule has 1 saturated carbocycles. The van der Waals surface area contributed by atoms with Gasteiger partial charge < -0.3 is 10.2 Å². The fraction of sp³-hybridized carbons (Fsp3) is 0.600.